The highest BCUT2D eigenvalue weighted by Gasteiger charge is 2.22. The second kappa shape index (κ2) is 11.5. The summed E-state index contributed by atoms with van der Waals surface area (Å²) < 4.78 is 9.36. The van der Waals surface area contributed by atoms with Gasteiger partial charge in [-0.3, -0.25) is 9.59 Å². The number of carbonyl (C=O) groups excluding carboxylic acids is 1. The molecular formula is C27H24ClN5O3S3. The number of ether oxygens (including phenoxy) is 1. The quantitative estimate of drug-likeness (QED) is 0.246. The average molecular weight is 598 g/mol. The summed E-state index contributed by atoms with van der Waals surface area (Å²) in [4.78, 5) is 31.7. The first-order valence-corrected chi connectivity index (χ1v) is 15.3. The Morgan fingerprint density at radius 3 is 2.59 bits per heavy atom. The van der Waals surface area contributed by atoms with E-state index in [1.54, 1.807) is 22.0 Å². The molecule has 6 rings (SSSR count). The van der Waals surface area contributed by atoms with Gasteiger partial charge in [0.25, 0.3) is 11.5 Å². The first-order chi connectivity index (χ1) is 19.0. The van der Waals surface area contributed by atoms with Crippen LogP contribution < -0.4 is 15.8 Å². The third kappa shape index (κ3) is 5.73. The van der Waals surface area contributed by atoms with Gasteiger partial charge in [-0.1, -0.05) is 23.7 Å². The first-order valence-electron chi connectivity index (χ1n) is 12.3. The van der Waals surface area contributed by atoms with Gasteiger partial charge < -0.3 is 19.5 Å². The van der Waals surface area contributed by atoms with Crippen LogP contribution in [0, 0.1) is 0 Å². The third-order valence-electron chi connectivity index (χ3n) is 6.33. The summed E-state index contributed by atoms with van der Waals surface area (Å²) in [7, 11) is 0. The van der Waals surface area contributed by atoms with Crippen LogP contribution in [0.15, 0.2) is 70.3 Å². The van der Waals surface area contributed by atoms with Gasteiger partial charge in [0.05, 0.1) is 41.2 Å². The largest absolute Gasteiger partial charge is 0.378 e. The van der Waals surface area contributed by atoms with Crippen molar-refractivity contribution in [1.82, 2.24) is 14.3 Å². The molecule has 0 saturated carbocycles. The molecule has 0 amide bonds. The molecule has 1 N–H and O–H groups in total. The van der Waals surface area contributed by atoms with Gasteiger partial charge in [0.1, 0.15) is 11.5 Å². The molecule has 0 aromatic carbocycles. The van der Waals surface area contributed by atoms with Crippen molar-refractivity contribution >= 4 is 63.0 Å². The van der Waals surface area contributed by atoms with Gasteiger partial charge in [-0.05, 0) is 41.1 Å². The number of hydrogen-bond acceptors (Lipinski definition) is 9. The first kappa shape index (κ1) is 26.0. The number of nitrogens with zero attached hydrogens (tertiary/aromatic N) is 4. The highest BCUT2D eigenvalue weighted by molar-refractivity contribution is 7.16. The lowest BCUT2D eigenvalue weighted by atomic mass is 10.1. The van der Waals surface area contributed by atoms with E-state index in [1.807, 2.05) is 59.4 Å². The topological polar surface area (TPSA) is 81.4 Å². The minimum Gasteiger partial charge on any atom is -0.378 e. The lowest BCUT2D eigenvalue weighted by Crippen LogP contribution is -2.40. The van der Waals surface area contributed by atoms with E-state index in [0.717, 1.165) is 15.3 Å². The van der Waals surface area contributed by atoms with Crippen molar-refractivity contribution in [2.24, 2.45) is 0 Å². The number of anilines is 2. The molecule has 0 unspecified atom stereocenters. The molecule has 1 aliphatic rings. The van der Waals surface area contributed by atoms with Gasteiger partial charge in [0, 0.05) is 40.7 Å². The van der Waals surface area contributed by atoms with Crippen LogP contribution in [0.4, 0.5) is 11.5 Å². The predicted octanol–water partition coefficient (Wildman–Crippen LogP) is 5.74. The zero-order valence-corrected chi connectivity index (χ0v) is 23.9. The maximum atomic E-state index is 13.6. The van der Waals surface area contributed by atoms with Crippen LogP contribution in [0.2, 0.25) is 4.34 Å². The Bertz CT molecular complexity index is 1630. The van der Waals surface area contributed by atoms with Crippen LogP contribution >= 0.6 is 45.6 Å². The number of thiophene rings is 3. The van der Waals surface area contributed by atoms with Gasteiger partial charge >= 0.3 is 0 Å². The van der Waals surface area contributed by atoms with Crippen LogP contribution in [-0.4, -0.2) is 46.6 Å². The standard InChI is InChI=1S/C27H24ClN5O3S3/c28-24-6-5-19(39-24)15-29-25-14-21(30-33(25)27(35)23-4-2-12-38-23)18-13-22(31-7-9-36-10-8-31)26(34)32(16-18)17-20-3-1-11-37-20/h1-6,11-14,16,29H,7-10,15,17H2. The van der Waals surface area contributed by atoms with E-state index in [9.17, 15) is 9.59 Å². The van der Waals surface area contributed by atoms with Crippen molar-refractivity contribution in [3.63, 3.8) is 0 Å². The third-order valence-corrected chi connectivity index (χ3v) is 9.28. The molecule has 39 heavy (non-hydrogen) atoms. The maximum Gasteiger partial charge on any atom is 0.290 e. The van der Waals surface area contributed by atoms with E-state index in [2.05, 4.69) is 10.2 Å². The smallest absolute Gasteiger partial charge is 0.290 e. The number of rotatable bonds is 8. The fraction of sp³-hybridized carbons (Fsp3) is 0.222. The highest BCUT2D eigenvalue weighted by Crippen LogP contribution is 2.28. The average Bonchev–Trinajstić information content (AvgIpc) is 3.77. The van der Waals surface area contributed by atoms with E-state index >= 15 is 0 Å². The Morgan fingerprint density at radius 2 is 1.87 bits per heavy atom. The number of aromatic nitrogens is 3. The summed E-state index contributed by atoms with van der Waals surface area (Å²) in [6.45, 7) is 3.37. The zero-order valence-electron chi connectivity index (χ0n) is 20.7. The summed E-state index contributed by atoms with van der Waals surface area (Å²) >= 11 is 10.6. The molecule has 0 aliphatic carbocycles. The molecule has 8 nitrogen and oxygen atoms in total. The fourth-order valence-corrected chi connectivity index (χ4v) is 6.79. The van der Waals surface area contributed by atoms with Crippen LogP contribution in [0.1, 0.15) is 19.4 Å². The Kier molecular flexibility index (Phi) is 7.67. The molecule has 1 fully saturated rings. The van der Waals surface area contributed by atoms with Gasteiger partial charge in [-0.25, -0.2) is 0 Å². The van der Waals surface area contributed by atoms with Crippen molar-refractivity contribution in [3.8, 4) is 11.3 Å². The van der Waals surface area contributed by atoms with Gasteiger partial charge in [0.2, 0.25) is 0 Å². The van der Waals surface area contributed by atoms with E-state index in [-0.39, 0.29) is 11.5 Å². The summed E-state index contributed by atoms with van der Waals surface area (Å²) in [6.07, 6.45) is 1.83. The van der Waals surface area contributed by atoms with E-state index in [4.69, 9.17) is 21.4 Å². The molecule has 1 saturated heterocycles. The van der Waals surface area contributed by atoms with Crippen molar-refractivity contribution in [3.05, 3.63) is 94.8 Å². The van der Waals surface area contributed by atoms with E-state index < -0.39 is 0 Å². The van der Waals surface area contributed by atoms with Gasteiger partial charge in [-0.2, -0.15) is 9.78 Å². The Balaban J connectivity index is 1.42. The second-order valence-electron chi connectivity index (χ2n) is 8.89. The molecule has 0 spiro atoms. The minimum atomic E-state index is -0.219. The molecule has 12 heteroatoms. The van der Waals surface area contributed by atoms with Crippen LogP contribution in [0.3, 0.4) is 0 Å². The molecular weight excluding hydrogens is 574 g/mol. The SMILES string of the molecule is O=C(c1cccs1)n1nc(-c2cc(N3CCOCC3)c(=O)n(Cc3cccs3)c2)cc1NCc1ccc(Cl)s1. The summed E-state index contributed by atoms with van der Waals surface area (Å²) in [6, 6.07) is 15.2. The molecule has 6 heterocycles. The van der Waals surface area contributed by atoms with Crippen molar-refractivity contribution in [1.29, 1.82) is 0 Å². The Morgan fingerprint density at radius 1 is 1.05 bits per heavy atom. The Labute approximate surface area is 241 Å². The number of carbonyl (C=O) groups is 1. The molecule has 0 radical (unpaired) electrons. The molecule has 1 aliphatic heterocycles. The zero-order chi connectivity index (χ0) is 26.8. The monoisotopic (exact) mass is 597 g/mol. The van der Waals surface area contributed by atoms with Crippen molar-refractivity contribution in [2.75, 3.05) is 36.5 Å². The highest BCUT2D eigenvalue weighted by atomic mass is 35.5. The lowest BCUT2D eigenvalue weighted by molar-refractivity contribution is 0.0952. The fourth-order valence-electron chi connectivity index (χ4n) is 4.41. The summed E-state index contributed by atoms with van der Waals surface area (Å²) in [5.41, 5.74) is 1.90. The Hall–Kier alpha value is -3.22. The summed E-state index contributed by atoms with van der Waals surface area (Å²) in [5, 5.41) is 12.0. The summed E-state index contributed by atoms with van der Waals surface area (Å²) in [5.74, 6) is 0.347. The molecule has 0 bridgehead atoms. The normalized spacial score (nSPS) is 13.6. The second-order valence-corrected chi connectivity index (χ2v) is 12.7. The van der Waals surface area contributed by atoms with Crippen LogP contribution in [0.5, 0.6) is 0 Å². The van der Waals surface area contributed by atoms with Crippen LogP contribution in [0.25, 0.3) is 11.3 Å². The predicted molar refractivity (Wildman–Crippen MR) is 159 cm³/mol. The molecule has 5 aromatic heterocycles. The number of hydrogen-bond donors (Lipinski definition) is 1. The van der Waals surface area contributed by atoms with E-state index in [1.165, 1.54) is 27.4 Å². The van der Waals surface area contributed by atoms with Crippen molar-refractivity contribution < 1.29 is 9.53 Å². The lowest BCUT2D eigenvalue weighted by Gasteiger charge is -2.29. The number of pyridine rings is 1. The maximum absolute atomic E-state index is 13.6. The van der Waals surface area contributed by atoms with Gasteiger partial charge in [0.15, 0.2) is 0 Å². The van der Waals surface area contributed by atoms with Gasteiger partial charge in [-0.15, -0.1) is 34.0 Å². The molecule has 200 valence electrons. The van der Waals surface area contributed by atoms with Crippen molar-refractivity contribution in [2.45, 2.75) is 13.1 Å². The van der Waals surface area contributed by atoms with E-state index in [0.29, 0.717) is 65.8 Å². The minimum absolute atomic E-state index is 0.0592. The number of nitrogens with one attached hydrogen (secondary N) is 1. The number of halogens is 1. The molecule has 0 atom stereocenters. The van der Waals surface area contributed by atoms with Crippen LogP contribution in [-0.2, 0) is 17.8 Å². The molecule has 5 aromatic rings. The number of morpholine rings is 1.